The van der Waals surface area contributed by atoms with Gasteiger partial charge < -0.3 is 15.3 Å². The number of carboxylic acids is 1. The lowest BCUT2D eigenvalue weighted by atomic mass is 10.1. The van der Waals surface area contributed by atoms with Gasteiger partial charge in [0.15, 0.2) is 6.04 Å². The second kappa shape index (κ2) is 7.28. The highest BCUT2D eigenvalue weighted by Gasteiger charge is 2.26. The van der Waals surface area contributed by atoms with Gasteiger partial charge in [-0.05, 0) is 13.8 Å². The lowest BCUT2D eigenvalue weighted by molar-refractivity contribution is -0.139. The Bertz CT molecular complexity index is 548. The van der Waals surface area contributed by atoms with E-state index < -0.39 is 18.0 Å². The van der Waals surface area contributed by atoms with Crippen LogP contribution in [0.2, 0.25) is 0 Å². The molecule has 0 aromatic carbocycles. The smallest absolute Gasteiger partial charge is 0.331 e. The maximum absolute atomic E-state index is 12.1. The summed E-state index contributed by atoms with van der Waals surface area (Å²) in [5.74, 6) is -1.49. The third-order valence-corrected chi connectivity index (χ3v) is 2.96. The molecule has 2 N–H and O–H groups in total. The van der Waals surface area contributed by atoms with Gasteiger partial charge in [0, 0.05) is 31.9 Å². The summed E-state index contributed by atoms with van der Waals surface area (Å²) in [5.41, 5.74) is 0.391. The number of nitrogens with one attached hydrogen (secondary N) is 1. The summed E-state index contributed by atoms with van der Waals surface area (Å²) in [7, 11) is 1.66. The van der Waals surface area contributed by atoms with Crippen molar-refractivity contribution < 1.29 is 14.7 Å². The monoisotopic (exact) mass is 293 g/mol. The van der Waals surface area contributed by atoms with Gasteiger partial charge >= 0.3 is 12.0 Å². The average molecular weight is 293 g/mol. The zero-order valence-corrected chi connectivity index (χ0v) is 12.3. The molecular weight excluding hydrogens is 274 g/mol. The quantitative estimate of drug-likeness (QED) is 0.803. The van der Waals surface area contributed by atoms with Gasteiger partial charge in [-0.15, -0.1) is 0 Å². The Balaban J connectivity index is 2.81. The Morgan fingerprint density at radius 2 is 2.29 bits per heavy atom. The van der Waals surface area contributed by atoms with Crippen molar-refractivity contribution in [3.63, 3.8) is 0 Å². The number of nitrogens with zero attached hydrogens (tertiary/aromatic N) is 4. The summed E-state index contributed by atoms with van der Waals surface area (Å²) >= 11 is 0. The van der Waals surface area contributed by atoms with E-state index in [4.69, 9.17) is 5.26 Å². The topological polar surface area (TPSA) is 111 Å². The van der Waals surface area contributed by atoms with Gasteiger partial charge in [-0.25, -0.2) is 9.59 Å². The van der Waals surface area contributed by atoms with E-state index in [0.717, 1.165) is 0 Å². The summed E-state index contributed by atoms with van der Waals surface area (Å²) < 4.78 is 1.47. The minimum atomic E-state index is -1.17. The zero-order valence-electron chi connectivity index (χ0n) is 12.3. The lowest BCUT2D eigenvalue weighted by Gasteiger charge is -2.24. The van der Waals surface area contributed by atoms with Crippen LogP contribution < -0.4 is 5.32 Å². The third kappa shape index (κ3) is 4.49. The predicted molar refractivity (Wildman–Crippen MR) is 74.1 cm³/mol. The van der Waals surface area contributed by atoms with E-state index >= 15 is 0 Å². The molecule has 0 spiro atoms. The first-order chi connectivity index (χ1) is 9.88. The number of aromatic nitrogens is 2. The molecular formula is C13H19N5O3. The Hall–Kier alpha value is -2.56. The van der Waals surface area contributed by atoms with Crippen molar-refractivity contribution in [2.75, 3.05) is 13.1 Å². The van der Waals surface area contributed by atoms with Crippen molar-refractivity contribution in [3.8, 4) is 6.07 Å². The molecule has 0 saturated carbocycles. The highest BCUT2D eigenvalue weighted by atomic mass is 16.4. The molecule has 0 radical (unpaired) electrons. The number of carboxylic acid groups (broad SMARTS) is 1. The Morgan fingerprint density at radius 3 is 2.71 bits per heavy atom. The molecule has 8 nitrogen and oxygen atoms in total. The van der Waals surface area contributed by atoms with Crippen molar-refractivity contribution >= 4 is 12.0 Å². The molecule has 0 bridgehead atoms. The number of carbonyl (C=O) groups is 2. The molecule has 2 unspecified atom stereocenters. The molecule has 21 heavy (non-hydrogen) atoms. The molecule has 0 aliphatic heterocycles. The van der Waals surface area contributed by atoms with Crippen LogP contribution >= 0.6 is 0 Å². The second-order valence-electron chi connectivity index (χ2n) is 4.74. The van der Waals surface area contributed by atoms with Crippen LogP contribution in [-0.4, -0.2) is 44.9 Å². The van der Waals surface area contributed by atoms with Crippen molar-refractivity contribution in [1.29, 1.82) is 5.26 Å². The molecule has 1 aromatic heterocycles. The van der Waals surface area contributed by atoms with E-state index in [9.17, 15) is 14.7 Å². The number of hydrogen-bond acceptors (Lipinski definition) is 4. The van der Waals surface area contributed by atoms with E-state index in [1.165, 1.54) is 22.0 Å². The molecule has 114 valence electrons. The fraction of sp³-hybridized carbons (Fsp3) is 0.538. The average Bonchev–Trinajstić information content (AvgIpc) is 2.87. The van der Waals surface area contributed by atoms with Crippen LogP contribution in [0, 0.1) is 17.2 Å². The first kappa shape index (κ1) is 16.5. The summed E-state index contributed by atoms with van der Waals surface area (Å²) in [4.78, 5) is 24.8. The zero-order chi connectivity index (χ0) is 16.0. The summed E-state index contributed by atoms with van der Waals surface area (Å²) in [5, 5.41) is 24.4. The molecule has 0 aliphatic rings. The molecule has 1 rings (SSSR count). The minimum absolute atomic E-state index is 0.248. The normalized spacial score (nSPS) is 13.0. The highest BCUT2D eigenvalue weighted by molar-refractivity contribution is 5.83. The summed E-state index contributed by atoms with van der Waals surface area (Å²) in [6.45, 7) is 4.10. The predicted octanol–water partition coefficient (Wildman–Crippen LogP) is 0.737. The van der Waals surface area contributed by atoms with Gasteiger partial charge in [-0.1, -0.05) is 0 Å². The number of hydrogen-bond donors (Lipinski definition) is 2. The maximum atomic E-state index is 12.1. The van der Waals surface area contributed by atoms with Crippen molar-refractivity contribution in [3.05, 3.63) is 18.0 Å². The number of urea groups is 1. The Labute approximate surface area is 123 Å². The molecule has 2 amide bonds. The summed E-state index contributed by atoms with van der Waals surface area (Å²) in [6.07, 6.45) is 2.93. The number of aryl methyl sites for hydroxylation is 1. The van der Waals surface area contributed by atoms with Crippen LogP contribution in [0.5, 0.6) is 0 Å². The van der Waals surface area contributed by atoms with Crippen molar-refractivity contribution in [2.24, 2.45) is 13.0 Å². The second-order valence-corrected chi connectivity index (χ2v) is 4.74. The van der Waals surface area contributed by atoms with Crippen LogP contribution in [-0.2, 0) is 11.8 Å². The fourth-order valence-corrected chi connectivity index (χ4v) is 1.82. The lowest BCUT2D eigenvalue weighted by Crippen LogP contribution is -2.45. The largest absolute Gasteiger partial charge is 0.479 e. The van der Waals surface area contributed by atoms with Crippen LogP contribution in [0.3, 0.4) is 0 Å². The van der Waals surface area contributed by atoms with Crippen LogP contribution in [0.4, 0.5) is 4.79 Å². The number of amides is 2. The SMILES string of the molecule is CCN(CC(C)C#N)C(=O)NC(C(=O)O)c1cnn(C)c1. The first-order valence-electron chi connectivity index (χ1n) is 6.55. The van der Waals surface area contributed by atoms with Crippen LogP contribution in [0.15, 0.2) is 12.4 Å². The third-order valence-electron chi connectivity index (χ3n) is 2.96. The van der Waals surface area contributed by atoms with Gasteiger partial charge in [0.2, 0.25) is 0 Å². The molecule has 8 heteroatoms. The van der Waals surface area contributed by atoms with E-state index in [0.29, 0.717) is 12.1 Å². The van der Waals surface area contributed by atoms with Gasteiger partial charge in [-0.2, -0.15) is 10.4 Å². The van der Waals surface area contributed by atoms with E-state index in [1.54, 1.807) is 20.9 Å². The van der Waals surface area contributed by atoms with E-state index in [-0.39, 0.29) is 12.5 Å². The van der Waals surface area contributed by atoms with Gasteiger partial charge in [0.05, 0.1) is 18.2 Å². The minimum Gasteiger partial charge on any atom is -0.479 e. The molecule has 0 aliphatic carbocycles. The Morgan fingerprint density at radius 1 is 1.62 bits per heavy atom. The van der Waals surface area contributed by atoms with E-state index in [1.807, 2.05) is 6.07 Å². The molecule has 1 heterocycles. The number of rotatable bonds is 6. The number of aliphatic carboxylic acids is 1. The van der Waals surface area contributed by atoms with Gasteiger partial charge in [-0.3, -0.25) is 4.68 Å². The summed E-state index contributed by atoms with van der Waals surface area (Å²) in [6, 6.07) is 0.358. The molecule has 2 atom stereocenters. The van der Waals surface area contributed by atoms with Crippen LogP contribution in [0.1, 0.15) is 25.5 Å². The standard InChI is InChI=1S/C13H19N5O3/c1-4-18(7-9(2)5-14)13(21)16-11(12(19)20)10-6-15-17(3)8-10/h6,8-9,11H,4,7H2,1-3H3,(H,16,21)(H,19,20). The maximum Gasteiger partial charge on any atom is 0.331 e. The first-order valence-corrected chi connectivity index (χ1v) is 6.55. The van der Waals surface area contributed by atoms with Crippen molar-refractivity contribution in [1.82, 2.24) is 20.0 Å². The van der Waals surface area contributed by atoms with Crippen molar-refractivity contribution in [2.45, 2.75) is 19.9 Å². The van der Waals surface area contributed by atoms with Crippen LogP contribution in [0.25, 0.3) is 0 Å². The van der Waals surface area contributed by atoms with Gasteiger partial charge in [0.25, 0.3) is 0 Å². The Kier molecular flexibility index (Phi) is 5.72. The van der Waals surface area contributed by atoms with Gasteiger partial charge in [0.1, 0.15) is 0 Å². The highest BCUT2D eigenvalue weighted by Crippen LogP contribution is 2.13. The molecule has 0 saturated heterocycles. The fourth-order valence-electron chi connectivity index (χ4n) is 1.82. The number of nitriles is 1. The molecule has 1 aromatic rings. The number of carbonyl (C=O) groups excluding carboxylic acids is 1. The molecule has 0 fully saturated rings. The van der Waals surface area contributed by atoms with E-state index in [2.05, 4.69) is 10.4 Å².